The van der Waals surface area contributed by atoms with E-state index in [1.807, 2.05) is 0 Å². The summed E-state index contributed by atoms with van der Waals surface area (Å²) in [7, 11) is 0. The van der Waals surface area contributed by atoms with Gasteiger partial charge in [-0.05, 0) is 12.8 Å². The molecule has 0 aromatic heterocycles. The van der Waals surface area contributed by atoms with E-state index >= 15 is 0 Å². The largest absolute Gasteiger partial charge is 0.103 e. The fourth-order valence-corrected chi connectivity index (χ4v) is 3.93. The summed E-state index contributed by atoms with van der Waals surface area (Å²) >= 11 is 0. The average molecular weight is 391 g/mol. The van der Waals surface area contributed by atoms with Crippen molar-refractivity contribution in [3.05, 3.63) is 0 Å². The molecule has 0 bridgehead atoms. The monoisotopic (exact) mass is 390 g/mol. The summed E-state index contributed by atoms with van der Waals surface area (Å²) in [5, 5.41) is 0. The van der Waals surface area contributed by atoms with E-state index in [1.54, 1.807) is 0 Å². The Bertz CT molecular complexity index is 319. The van der Waals surface area contributed by atoms with Crippen LogP contribution >= 0.6 is 0 Å². The Hall–Kier alpha value is -0.440. The first-order valence-electron chi connectivity index (χ1n) is 13.4. The molecule has 28 heavy (non-hydrogen) atoms. The van der Waals surface area contributed by atoms with Crippen LogP contribution in [0.4, 0.5) is 0 Å². The standard InChI is InChI=1S/C28H54/c1-3-5-7-9-11-13-15-17-19-21-23-25-27-28-26-24-22-20-18-16-14-12-10-8-6-4-2/h3-19,21,23-28H2,1-2H3. The molecule has 0 aliphatic rings. The maximum absolute atomic E-state index is 3.39. The SMILES string of the molecule is CCCCCCCCCC#CCCCCCCCCCCCCCCCCC. The summed E-state index contributed by atoms with van der Waals surface area (Å²) in [6.07, 6.45) is 33.6. The first kappa shape index (κ1) is 27.6. The van der Waals surface area contributed by atoms with Gasteiger partial charge in [0.05, 0.1) is 0 Å². The highest BCUT2D eigenvalue weighted by atomic mass is 14.0. The molecule has 0 atom stereocenters. The van der Waals surface area contributed by atoms with E-state index < -0.39 is 0 Å². The van der Waals surface area contributed by atoms with Gasteiger partial charge in [0.2, 0.25) is 0 Å². The summed E-state index contributed by atoms with van der Waals surface area (Å²) in [4.78, 5) is 0. The van der Waals surface area contributed by atoms with Crippen molar-refractivity contribution < 1.29 is 0 Å². The minimum atomic E-state index is 1.13. The molecule has 0 aromatic rings. The summed E-state index contributed by atoms with van der Waals surface area (Å²) in [6.45, 7) is 4.58. The highest BCUT2D eigenvalue weighted by molar-refractivity contribution is 4.98. The van der Waals surface area contributed by atoms with Crippen LogP contribution in [0.25, 0.3) is 0 Å². The predicted molar refractivity (Wildman–Crippen MR) is 130 cm³/mol. The van der Waals surface area contributed by atoms with Crippen LogP contribution in [0.3, 0.4) is 0 Å². The van der Waals surface area contributed by atoms with E-state index in [2.05, 4.69) is 25.7 Å². The van der Waals surface area contributed by atoms with E-state index in [-0.39, 0.29) is 0 Å². The van der Waals surface area contributed by atoms with Crippen LogP contribution in [-0.4, -0.2) is 0 Å². The molecule has 0 N–H and O–H groups in total. The van der Waals surface area contributed by atoms with Crippen molar-refractivity contribution in [2.75, 3.05) is 0 Å². The van der Waals surface area contributed by atoms with Crippen molar-refractivity contribution >= 4 is 0 Å². The lowest BCUT2D eigenvalue weighted by Gasteiger charge is -2.03. The molecule has 0 fully saturated rings. The molecule has 166 valence electrons. The third-order valence-corrected chi connectivity index (χ3v) is 5.94. The Kier molecular flexibility index (Phi) is 26.1. The molecule has 0 radical (unpaired) electrons. The van der Waals surface area contributed by atoms with Gasteiger partial charge in [-0.15, -0.1) is 11.8 Å². The van der Waals surface area contributed by atoms with Crippen LogP contribution in [0.2, 0.25) is 0 Å². The van der Waals surface area contributed by atoms with Gasteiger partial charge < -0.3 is 0 Å². The van der Waals surface area contributed by atoms with Gasteiger partial charge in [-0.2, -0.15) is 0 Å². The molecule has 0 spiro atoms. The number of hydrogen-bond acceptors (Lipinski definition) is 0. The van der Waals surface area contributed by atoms with Crippen LogP contribution in [0.5, 0.6) is 0 Å². The third kappa shape index (κ3) is 25.6. The third-order valence-electron chi connectivity index (χ3n) is 5.94. The van der Waals surface area contributed by atoms with Crippen LogP contribution < -0.4 is 0 Å². The minimum absolute atomic E-state index is 1.13. The first-order chi connectivity index (χ1) is 13.9. The number of hydrogen-bond donors (Lipinski definition) is 0. The summed E-state index contributed by atoms with van der Waals surface area (Å²) in [5.41, 5.74) is 0. The zero-order valence-electron chi connectivity index (χ0n) is 20.0. The van der Waals surface area contributed by atoms with Gasteiger partial charge in [-0.25, -0.2) is 0 Å². The first-order valence-corrected chi connectivity index (χ1v) is 13.4. The number of unbranched alkanes of at least 4 members (excludes halogenated alkanes) is 22. The lowest BCUT2D eigenvalue weighted by Crippen LogP contribution is -1.83. The summed E-state index contributed by atoms with van der Waals surface area (Å²) in [6, 6.07) is 0. The average Bonchev–Trinajstić information content (AvgIpc) is 2.71. The Labute approximate surface area is 180 Å². The maximum atomic E-state index is 3.39. The molecule has 0 aliphatic heterocycles. The summed E-state index contributed by atoms with van der Waals surface area (Å²) < 4.78 is 0. The van der Waals surface area contributed by atoms with Crippen molar-refractivity contribution in [3.63, 3.8) is 0 Å². The quantitative estimate of drug-likeness (QED) is 0.127. The Morgan fingerprint density at radius 1 is 0.286 bits per heavy atom. The van der Waals surface area contributed by atoms with Crippen LogP contribution in [-0.2, 0) is 0 Å². The van der Waals surface area contributed by atoms with Crippen LogP contribution in [0.15, 0.2) is 0 Å². The lowest BCUT2D eigenvalue weighted by atomic mass is 10.0. The fourth-order valence-electron chi connectivity index (χ4n) is 3.93. The second kappa shape index (κ2) is 26.6. The minimum Gasteiger partial charge on any atom is -0.103 e. The number of rotatable bonds is 22. The van der Waals surface area contributed by atoms with Crippen molar-refractivity contribution in [3.8, 4) is 11.8 Å². The second-order valence-corrected chi connectivity index (χ2v) is 8.92. The van der Waals surface area contributed by atoms with Crippen LogP contribution in [0, 0.1) is 11.8 Å². The highest BCUT2D eigenvalue weighted by Crippen LogP contribution is 2.13. The molecule has 0 heteroatoms. The van der Waals surface area contributed by atoms with Gasteiger partial charge in [0.15, 0.2) is 0 Å². The smallest absolute Gasteiger partial charge is 0.00886 e. The van der Waals surface area contributed by atoms with Crippen molar-refractivity contribution in [1.82, 2.24) is 0 Å². The van der Waals surface area contributed by atoms with E-state index in [9.17, 15) is 0 Å². The molecule has 0 nitrogen and oxygen atoms in total. The second-order valence-electron chi connectivity index (χ2n) is 8.92. The molecule has 0 unspecified atom stereocenters. The topological polar surface area (TPSA) is 0 Å². The Morgan fingerprint density at radius 2 is 0.500 bits per heavy atom. The van der Waals surface area contributed by atoms with Gasteiger partial charge in [-0.1, -0.05) is 142 Å². The van der Waals surface area contributed by atoms with Crippen molar-refractivity contribution in [1.29, 1.82) is 0 Å². The molecule has 0 rings (SSSR count). The molecule has 0 heterocycles. The molecular formula is C28H54. The van der Waals surface area contributed by atoms with Crippen LogP contribution in [0.1, 0.15) is 168 Å². The fraction of sp³-hybridized carbons (Fsp3) is 0.929. The Balaban J connectivity index is 3.07. The molecular weight excluding hydrogens is 336 g/mol. The van der Waals surface area contributed by atoms with Gasteiger partial charge in [-0.3, -0.25) is 0 Å². The zero-order chi connectivity index (χ0) is 20.4. The zero-order valence-corrected chi connectivity index (χ0v) is 20.0. The van der Waals surface area contributed by atoms with Gasteiger partial charge >= 0.3 is 0 Å². The molecule has 0 aliphatic carbocycles. The van der Waals surface area contributed by atoms with E-state index in [4.69, 9.17) is 0 Å². The highest BCUT2D eigenvalue weighted by Gasteiger charge is 1.94. The van der Waals surface area contributed by atoms with Crippen molar-refractivity contribution in [2.24, 2.45) is 0 Å². The molecule has 0 aromatic carbocycles. The predicted octanol–water partition coefficient (Wildman–Crippen LogP) is 10.4. The normalized spacial score (nSPS) is 10.8. The van der Waals surface area contributed by atoms with E-state index in [0.717, 1.165) is 12.8 Å². The van der Waals surface area contributed by atoms with Gasteiger partial charge in [0.25, 0.3) is 0 Å². The van der Waals surface area contributed by atoms with E-state index in [1.165, 1.54) is 141 Å². The van der Waals surface area contributed by atoms with E-state index in [0.29, 0.717) is 0 Å². The molecule has 0 amide bonds. The molecule has 0 saturated heterocycles. The molecule has 0 saturated carbocycles. The Morgan fingerprint density at radius 3 is 0.750 bits per heavy atom. The van der Waals surface area contributed by atoms with Gasteiger partial charge in [0.1, 0.15) is 0 Å². The van der Waals surface area contributed by atoms with Gasteiger partial charge in [0, 0.05) is 12.8 Å². The maximum Gasteiger partial charge on any atom is 0.00886 e. The van der Waals surface area contributed by atoms with Crippen molar-refractivity contribution in [2.45, 2.75) is 168 Å². The lowest BCUT2D eigenvalue weighted by molar-refractivity contribution is 0.533. The summed E-state index contributed by atoms with van der Waals surface area (Å²) in [5.74, 6) is 6.78.